The summed E-state index contributed by atoms with van der Waals surface area (Å²) in [4.78, 5) is 14.1. The highest BCUT2D eigenvalue weighted by atomic mass is 32.2. The van der Waals surface area contributed by atoms with E-state index in [9.17, 15) is 13.2 Å². The molecule has 1 aromatic carbocycles. The van der Waals surface area contributed by atoms with Crippen LogP contribution >= 0.6 is 0 Å². The van der Waals surface area contributed by atoms with Crippen LogP contribution < -0.4 is 5.14 Å². The first kappa shape index (κ1) is 15.1. The molecule has 1 aliphatic rings. The molecule has 0 aliphatic carbocycles. The van der Waals surface area contributed by atoms with Crippen molar-refractivity contribution < 1.29 is 17.6 Å². The molecule has 1 aliphatic heterocycles. The van der Waals surface area contributed by atoms with E-state index in [2.05, 4.69) is 0 Å². The molecule has 2 aromatic rings. The van der Waals surface area contributed by atoms with Crippen molar-refractivity contribution in [1.82, 2.24) is 4.90 Å². The van der Waals surface area contributed by atoms with Crippen molar-refractivity contribution in [1.29, 1.82) is 0 Å². The fourth-order valence-electron chi connectivity index (χ4n) is 2.91. The Morgan fingerprint density at radius 2 is 2.18 bits per heavy atom. The monoisotopic (exact) mass is 322 g/mol. The van der Waals surface area contributed by atoms with E-state index in [1.54, 1.807) is 11.0 Å². The van der Waals surface area contributed by atoms with Crippen molar-refractivity contribution in [2.24, 2.45) is 11.1 Å². The van der Waals surface area contributed by atoms with Gasteiger partial charge in [-0.2, -0.15) is 0 Å². The third kappa shape index (κ3) is 3.15. The Kier molecular flexibility index (Phi) is 3.70. The SMILES string of the molecule is Cc1ccc2oc(C(=O)N3CCC(CS(N)(=O)=O)C3)cc2c1. The van der Waals surface area contributed by atoms with E-state index < -0.39 is 10.0 Å². The zero-order valence-electron chi connectivity index (χ0n) is 12.3. The van der Waals surface area contributed by atoms with Crippen LogP contribution in [0.1, 0.15) is 22.5 Å². The molecule has 7 heteroatoms. The Labute approximate surface area is 128 Å². The third-order valence-corrected chi connectivity index (χ3v) is 4.86. The van der Waals surface area contributed by atoms with Crippen LogP contribution in [0.2, 0.25) is 0 Å². The number of primary sulfonamides is 1. The first-order valence-electron chi connectivity index (χ1n) is 7.12. The number of nitrogens with two attached hydrogens (primary N) is 1. The van der Waals surface area contributed by atoms with Crippen molar-refractivity contribution >= 4 is 26.9 Å². The van der Waals surface area contributed by atoms with Crippen molar-refractivity contribution in [2.45, 2.75) is 13.3 Å². The van der Waals surface area contributed by atoms with E-state index in [0.717, 1.165) is 10.9 Å². The molecule has 3 rings (SSSR count). The largest absolute Gasteiger partial charge is 0.451 e. The van der Waals surface area contributed by atoms with Crippen LogP contribution in [0, 0.1) is 12.8 Å². The van der Waals surface area contributed by atoms with Crippen LogP contribution in [0.25, 0.3) is 11.0 Å². The lowest BCUT2D eigenvalue weighted by Gasteiger charge is -2.14. The number of carbonyl (C=O) groups excluding carboxylic acids is 1. The van der Waals surface area contributed by atoms with Gasteiger partial charge in [0.2, 0.25) is 10.0 Å². The number of rotatable bonds is 3. The second kappa shape index (κ2) is 5.40. The number of hydrogen-bond acceptors (Lipinski definition) is 4. The summed E-state index contributed by atoms with van der Waals surface area (Å²) >= 11 is 0. The van der Waals surface area contributed by atoms with E-state index in [0.29, 0.717) is 25.1 Å². The van der Waals surface area contributed by atoms with Gasteiger partial charge in [0.25, 0.3) is 5.91 Å². The fraction of sp³-hybridized carbons (Fsp3) is 0.400. The molecule has 22 heavy (non-hydrogen) atoms. The molecule has 2 N–H and O–H groups in total. The lowest BCUT2D eigenvalue weighted by molar-refractivity contribution is 0.0759. The molecule has 2 heterocycles. The zero-order chi connectivity index (χ0) is 15.9. The van der Waals surface area contributed by atoms with Crippen LogP contribution in [0.5, 0.6) is 0 Å². The first-order chi connectivity index (χ1) is 10.3. The fourth-order valence-corrected chi connectivity index (χ4v) is 3.83. The highest BCUT2D eigenvalue weighted by molar-refractivity contribution is 7.89. The second-order valence-electron chi connectivity index (χ2n) is 5.89. The minimum absolute atomic E-state index is 0.0872. The summed E-state index contributed by atoms with van der Waals surface area (Å²) < 4.78 is 27.9. The molecule has 0 bridgehead atoms. The van der Waals surface area contributed by atoms with Gasteiger partial charge in [-0.05, 0) is 37.5 Å². The smallest absolute Gasteiger partial charge is 0.289 e. The van der Waals surface area contributed by atoms with E-state index >= 15 is 0 Å². The standard InChI is InChI=1S/C15H18N2O4S/c1-10-2-3-13-12(6-10)7-14(21-13)15(18)17-5-4-11(8-17)9-22(16,19)20/h2-3,6-7,11H,4-5,8-9H2,1H3,(H2,16,19,20). The Bertz CT molecular complexity index is 825. The van der Waals surface area contributed by atoms with E-state index in [4.69, 9.17) is 9.56 Å². The molecule has 0 spiro atoms. The van der Waals surface area contributed by atoms with Crippen LogP contribution in [-0.4, -0.2) is 38.1 Å². The Morgan fingerprint density at radius 1 is 1.41 bits per heavy atom. The molecule has 1 atom stereocenters. The summed E-state index contributed by atoms with van der Waals surface area (Å²) in [6.45, 7) is 2.90. The second-order valence-corrected chi connectivity index (χ2v) is 7.55. The number of hydrogen-bond donors (Lipinski definition) is 1. The minimum Gasteiger partial charge on any atom is -0.451 e. The van der Waals surface area contributed by atoms with Gasteiger partial charge in [0.15, 0.2) is 5.76 Å². The predicted molar refractivity (Wildman–Crippen MR) is 82.9 cm³/mol. The number of carbonyl (C=O) groups is 1. The van der Waals surface area contributed by atoms with Gasteiger partial charge in [0.05, 0.1) is 5.75 Å². The summed E-state index contributed by atoms with van der Waals surface area (Å²) in [7, 11) is -3.51. The van der Waals surface area contributed by atoms with Gasteiger partial charge in [-0.25, -0.2) is 13.6 Å². The van der Waals surface area contributed by atoms with Crippen molar-refractivity contribution in [3.8, 4) is 0 Å². The Balaban J connectivity index is 1.76. The Morgan fingerprint density at radius 3 is 2.91 bits per heavy atom. The molecule has 118 valence electrons. The highest BCUT2D eigenvalue weighted by Crippen LogP contribution is 2.24. The number of sulfonamides is 1. The molecule has 0 saturated carbocycles. The average molecular weight is 322 g/mol. The van der Waals surface area contributed by atoms with Gasteiger partial charge in [-0.1, -0.05) is 11.6 Å². The molecular weight excluding hydrogens is 304 g/mol. The number of likely N-dealkylation sites (tertiary alicyclic amines) is 1. The molecule has 0 radical (unpaired) electrons. The van der Waals surface area contributed by atoms with Gasteiger partial charge in [-0.3, -0.25) is 4.79 Å². The number of nitrogens with zero attached hydrogens (tertiary/aromatic N) is 1. The average Bonchev–Trinajstić information content (AvgIpc) is 3.02. The van der Waals surface area contributed by atoms with Crippen LogP contribution in [-0.2, 0) is 10.0 Å². The summed E-state index contributed by atoms with van der Waals surface area (Å²) in [5.41, 5.74) is 1.77. The molecule has 6 nitrogen and oxygen atoms in total. The number of fused-ring (bicyclic) bond motifs is 1. The van der Waals surface area contributed by atoms with Gasteiger partial charge in [-0.15, -0.1) is 0 Å². The quantitative estimate of drug-likeness (QED) is 0.926. The van der Waals surface area contributed by atoms with E-state index in [-0.39, 0.29) is 23.3 Å². The molecule has 1 saturated heterocycles. The van der Waals surface area contributed by atoms with Crippen LogP contribution in [0.15, 0.2) is 28.7 Å². The lowest BCUT2D eigenvalue weighted by Crippen LogP contribution is -2.30. The summed E-state index contributed by atoms with van der Waals surface area (Å²) in [5.74, 6) is -0.107. The zero-order valence-corrected chi connectivity index (χ0v) is 13.1. The van der Waals surface area contributed by atoms with Crippen molar-refractivity contribution in [3.05, 3.63) is 35.6 Å². The normalized spacial score (nSPS) is 19.0. The predicted octanol–water partition coefficient (Wildman–Crippen LogP) is 1.49. The van der Waals surface area contributed by atoms with Gasteiger partial charge >= 0.3 is 0 Å². The van der Waals surface area contributed by atoms with Gasteiger partial charge < -0.3 is 9.32 Å². The molecule has 1 fully saturated rings. The maximum atomic E-state index is 12.5. The number of amides is 1. The molecule has 1 amide bonds. The number of furan rings is 1. The van der Waals surface area contributed by atoms with Crippen molar-refractivity contribution in [3.63, 3.8) is 0 Å². The highest BCUT2D eigenvalue weighted by Gasteiger charge is 2.30. The summed E-state index contributed by atoms with van der Waals surface area (Å²) in [6.07, 6.45) is 0.640. The van der Waals surface area contributed by atoms with E-state index in [1.807, 2.05) is 25.1 Å². The minimum atomic E-state index is -3.51. The Hall–Kier alpha value is -1.86. The summed E-state index contributed by atoms with van der Waals surface area (Å²) in [6, 6.07) is 7.47. The maximum Gasteiger partial charge on any atom is 0.289 e. The number of aryl methyl sites for hydroxylation is 1. The van der Waals surface area contributed by atoms with Crippen LogP contribution in [0.4, 0.5) is 0 Å². The molecule has 1 unspecified atom stereocenters. The van der Waals surface area contributed by atoms with E-state index in [1.165, 1.54) is 0 Å². The number of benzene rings is 1. The summed E-state index contributed by atoms with van der Waals surface area (Å²) in [5, 5.41) is 5.96. The molecule has 1 aromatic heterocycles. The first-order valence-corrected chi connectivity index (χ1v) is 8.83. The third-order valence-electron chi connectivity index (χ3n) is 3.92. The molecular formula is C15H18N2O4S. The van der Waals surface area contributed by atoms with Crippen molar-refractivity contribution in [2.75, 3.05) is 18.8 Å². The maximum absolute atomic E-state index is 12.5. The van der Waals surface area contributed by atoms with Gasteiger partial charge in [0.1, 0.15) is 5.58 Å². The topological polar surface area (TPSA) is 93.6 Å². The van der Waals surface area contributed by atoms with Gasteiger partial charge in [0, 0.05) is 18.5 Å². The van der Waals surface area contributed by atoms with Crippen LogP contribution in [0.3, 0.4) is 0 Å². The lowest BCUT2D eigenvalue weighted by atomic mass is 10.2.